The van der Waals surface area contributed by atoms with Crippen LogP contribution in [0.2, 0.25) is 0 Å². The molecular formula is C14H21N3O2. The summed E-state index contributed by atoms with van der Waals surface area (Å²) < 4.78 is 0. The smallest absolute Gasteiger partial charge is 0.217 e. The summed E-state index contributed by atoms with van der Waals surface area (Å²) in [7, 11) is 0. The van der Waals surface area contributed by atoms with Crippen molar-refractivity contribution in [3.63, 3.8) is 0 Å². The van der Waals surface area contributed by atoms with E-state index >= 15 is 0 Å². The third-order valence-corrected chi connectivity index (χ3v) is 3.50. The number of aryl methyl sites for hydroxylation is 1. The third kappa shape index (κ3) is 3.75. The number of carbonyl (C=O) groups excluding carboxylic acids is 1. The van der Waals surface area contributed by atoms with Gasteiger partial charge in [-0.25, -0.2) is 0 Å². The van der Waals surface area contributed by atoms with E-state index in [1.807, 2.05) is 25.3 Å². The van der Waals surface area contributed by atoms with Crippen LogP contribution in [0.15, 0.2) is 18.3 Å². The molecule has 1 fully saturated rings. The lowest BCUT2D eigenvalue weighted by atomic mass is 10.1. The van der Waals surface area contributed by atoms with E-state index in [0.29, 0.717) is 0 Å². The summed E-state index contributed by atoms with van der Waals surface area (Å²) in [6, 6.07) is 4.11. The molecule has 5 nitrogen and oxygen atoms in total. The predicted molar refractivity (Wildman–Crippen MR) is 72.4 cm³/mol. The zero-order chi connectivity index (χ0) is 13.8. The third-order valence-electron chi connectivity index (χ3n) is 3.50. The fraction of sp³-hybridized carbons (Fsp3) is 0.571. The Bertz CT molecular complexity index is 433. The summed E-state index contributed by atoms with van der Waals surface area (Å²) in [5.74, 6) is 0.0631. The van der Waals surface area contributed by atoms with Crippen molar-refractivity contribution in [1.29, 1.82) is 0 Å². The monoisotopic (exact) mass is 263 g/mol. The molecule has 0 spiro atoms. The lowest BCUT2D eigenvalue weighted by Crippen LogP contribution is -2.40. The molecule has 2 N–H and O–H groups in total. The van der Waals surface area contributed by atoms with E-state index in [1.54, 1.807) is 0 Å². The average molecular weight is 263 g/mol. The number of aromatic nitrogens is 1. The number of carbonyl (C=O) groups is 1. The molecule has 1 aromatic heterocycles. The molecule has 2 atom stereocenters. The summed E-state index contributed by atoms with van der Waals surface area (Å²) in [6.07, 6.45) is 1.86. The Morgan fingerprint density at radius 2 is 2.32 bits per heavy atom. The van der Waals surface area contributed by atoms with E-state index < -0.39 is 0 Å². The van der Waals surface area contributed by atoms with Gasteiger partial charge in [0.1, 0.15) is 0 Å². The number of likely N-dealkylation sites (tertiary alicyclic amines) is 1. The number of hydrogen-bond donors (Lipinski definition) is 2. The predicted octanol–water partition coefficient (Wildman–Crippen LogP) is 0.319. The van der Waals surface area contributed by atoms with Crippen LogP contribution in [-0.2, 0) is 11.3 Å². The van der Waals surface area contributed by atoms with Gasteiger partial charge in [0.05, 0.1) is 5.69 Å². The summed E-state index contributed by atoms with van der Waals surface area (Å²) in [6.45, 7) is 5.94. The molecule has 1 aromatic rings. The number of pyridine rings is 1. The Morgan fingerprint density at radius 3 is 2.89 bits per heavy atom. The molecule has 1 amide bonds. The van der Waals surface area contributed by atoms with Crippen molar-refractivity contribution in [2.75, 3.05) is 19.7 Å². The van der Waals surface area contributed by atoms with Gasteiger partial charge in [0.2, 0.25) is 5.91 Å². The van der Waals surface area contributed by atoms with Gasteiger partial charge in [-0.2, -0.15) is 0 Å². The second-order valence-electron chi connectivity index (χ2n) is 5.27. The van der Waals surface area contributed by atoms with Crippen molar-refractivity contribution in [2.24, 2.45) is 5.92 Å². The SMILES string of the molecule is CC(=O)NC1CN(Cc2ccc(C)cn2)CC1CO. The van der Waals surface area contributed by atoms with Gasteiger partial charge in [-0.1, -0.05) is 6.07 Å². The van der Waals surface area contributed by atoms with Crippen LogP contribution in [0, 0.1) is 12.8 Å². The first-order valence-electron chi connectivity index (χ1n) is 6.60. The largest absolute Gasteiger partial charge is 0.396 e. The van der Waals surface area contributed by atoms with E-state index in [4.69, 9.17) is 0 Å². The van der Waals surface area contributed by atoms with Crippen LogP contribution in [-0.4, -0.2) is 46.6 Å². The summed E-state index contributed by atoms with van der Waals surface area (Å²) >= 11 is 0. The molecular weight excluding hydrogens is 242 g/mol. The van der Waals surface area contributed by atoms with Crippen LogP contribution >= 0.6 is 0 Å². The van der Waals surface area contributed by atoms with Gasteiger partial charge in [0, 0.05) is 51.3 Å². The summed E-state index contributed by atoms with van der Waals surface area (Å²) in [5, 5.41) is 12.3. The van der Waals surface area contributed by atoms with E-state index in [-0.39, 0.29) is 24.5 Å². The molecule has 5 heteroatoms. The highest BCUT2D eigenvalue weighted by atomic mass is 16.3. The van der Waals surface area contributed by atoms with Crippen molar-refractivity contribution in [1.82, 2.24) is 15.2 Å². The first-order valence-corrected chi connectivity index (χ1v) is 6.60. The first kappa shape index (κ1) is 14.0. The molecule has 0 bridgehead atoms. The second-order valence-corrected chi connectivity index (χ2v) is 5.27. The van der Waals surface area contributed by atoms with E-state index in [2.05, 4.69) is 15.2 Å². The van der Waals surface area contributed by atoms with E-state index in [9.17, 15) is 9.90 Å². The van der Waals surface area contributed by atoms with Crippen molar-refractivity contribution < 1.29 is 9.90 Å². The fourth-order valence-corrected chi connectivity index (χ4v) is 2.52. The summed E-state index contributed by atoms with van der Waals surface area (Å²) in [4.78, 5) is 17.7. The second kappa shape index (κ2) is 6.12. The molecule has 0 aliphatic carbocycles. The van der Waals surface area contributed by atoms with Crippen LogP contribution in [0.4, 0.5) is 0 Å². The highest BCUT2D eigenvalue weighted by Gasteiger charge is 2.32. The maximum Gasteiger partial charge on any atom is 0.217 e. The molecule has 19 heavy (non-hydrogen) atoms. The van der Waals surface area contributed by atoms with Gasteiger partial charge >= 0.3 is 0 Å². The van der Waals surface area contributed by atoms with Gasteiger partial charge in [0.25, 0.3) is 0 Å². The molecule has 1 aliphatic heterocycles. The molecule has 104 valence electrons. The Hall–Kier alpha value is -1.46. The first-order chi connectivity index (χ1) is 9.08. The lowest BCUT2D eigenvalue weighted by molar-refractivity contribution is -0.119. The molecule has 1 saturated heterocycles. The zero-order valence-electron chi connectivity index (χ0n) is 11.5. The number of hydrogen-bond acceptors (Lipinski definition) is 4. The Labute approximate surface area is 113 Å². The highest BCUT2D eigenvalue weighted by molar-refractivity contribution is 5.73. The van der Waals surface area contributed by atoms with Gasteiger partial charge in [-0.3, -0.25) is 14.7 Å². The van der Waals surface area contributed by atoms with Crippen molar-refractivity contribution >= 4 is 5.91 Å². The minimum atomic E-state index is -0.0428. The van der Waals surface area contributed by atoms with Crippen molar-refractivity contribution in [3.05, 3.63) is 29.6 Å². The molecule has 0 aromatic carbocycles. The maximum atomic E-state index is 11.1. The molecule has 2 rings (SSSR count). The highest BCUT2D eigenvalue weighted by Crippen LogP contribution is 2.18. The van der Waals surface area contributed by atoms with E-state index in [0.717, 1.165) is 30.9 Å². The average Bonchev–Trinajstić information content (AvgIpc) is 2.73. The normalized spacial score (nSPS) is 23.5. The number of nitrogens with zero attached hydrogens (tertiary/aromatic N) is 2. The molecule has 2 heterocycles. The van der Waals surface area contributed by atoms with Crippen LogP contribution in [0.25, 0.3) is 0 Å². The number of aliphatic hydroxyl groups excluding tert-OH is 1. The zero-order valence-corrected chi connectivity index (χ0v) is 11.5. The standard InChI is InChI=1S/C14H21N3O2/c1-10-3-4-13(15-5-10)7-17-6-12(9-18)14(8-17)16-11(2)19/h3-5,12,14,18H,6-9H2,1-2H3,(H,16,19). The maximum absolute atomic E-state index is 11.1. The van der Waals surface area contributed by atoms with Crippen molar-refractivity contribution in [3.8, 4) is 0 Å². The molecule has 1 aliphatic rings. The molecule has 2 unspecified atom stereocenters. The lowest BCUT2D eigenvalue weighted by Gasteiger charge is -2.16. The molecule has 0 radical (unpaired) electrons. The Balaban J connectivity index is 1.95. The van der Waals surface area contributed by atoms with Gasteiger partial charge in [-0.05, 0) is 18.6 Å². The van der Waals surface area contributed by atoms with Crippen LogP contribution < -0.4 is 5.32 Å². The minimum absolute atomic E-state index is 0.0351. The fourth-order valence-electron chi connectivity index (χ4n) is 2.52. The van der Waals surface area contributed by atoms with Gasteiger partial charge in [-0.15, -0.1) is 0 Å². The van der Waals surface area contributed by atoms with Gasteiger partial charge < -0.3 is 10.4 Å². The number of rotatable bonds is 4. The van der Waals surface area contributed by atoms with E-state index in [1.165, 1.54) is 6.92 Å². The number of aliphatic hydroxyl groups is 1. The minimum Gasteiger partial charge on any atom is -0.396 e. The van der Waals surface area contributed by atoms with Crippen LogP contribution in [0.3, 0.4) is 0 Å². The molecule has 0 saturated carbocycles. The Kier molecular flexibility index (Phi) is 4.50. The summed E-state index contributed by atoms with van der Waals surface area (Å²) in [5.41, 5.74) is 2.17. The van der Waals surface area contributed by atoms with Crippen LogP contribution in [0.1, 0.15) is 18.2 Å². The number of amides is 1. The van der Waals surface area contributed by atoms with Gasteiger partial charge in [0.15, 0.2) is 0 Å². The van der Waals surface area contributed by atoms with Crippen molar-refractivity contribution in [2.45, 2.75) is 26.4 Å². The quantitative estimate of drug-likeness (QED) is 0.821. The Morgan fingerprint density at radius 1 is 1.53 bits per heavy atom. The van der Waals surface area contributed by atoms with Crippen LogP contribution in [0.5, 0.6) is 0 Å². The number of nitrogens with one attached hydrogen (secondary N) is 1. The topological polar surface area (TPSA) is 65.5 Å².